The third kappa shape index (κ3) is 55.5. The van der Waals surface area contributed by atoms with E-state index in [9.17, 15) is 14.4 Å². The molecule has 6 nitrogen and oxygen atoms in total. The molecule has 0 saturated carbocycles. The number of ether oxygens (including phenoxy) is 3. The molecule has 402 valence electrons. The average Bonchev–Trinajstić information content (AvgIpc) is 3.36. The second-order valence-electron chi connectivity index (χ2n) is 19.5. The first-order valence-corrected chi connectivity index (χ1v) is 29.6. The number of esters is 3. The average molecular weight is 976 g/mol. The number of unbranched alkanes of at least 4 members (excludes halogenated alkanes) is 28. The maximum atomic E-state index is 12.8. The molecule has 70 heavy (non-hydrogen) atoms. The molecule has 1 unspecified atom stereocenters. The van der Waals surface area contributed by atoms with Gasteiger partial charge in [0.05, 0.1) is 0 Å². The quantitative estimate of drug-likeness (QED) is 0.0261. The minimum atomic E-state index is -0.779. The Bertz CT molecular complexity index is 1350. The van der Waals surface area contributed by atoms with Crippen LogP contribution in [0.15, 0.2) is 85.1 Å². The number of carbonyl (C=O) groups is 3. The van der Waals surface area contributed by atoms with Gasteiger partial charge in [-0.1, -0.05) is 254 Å². The summed E-state index contributed by atoms with van der Waals surface area (Å²) in [5, 5.41) is 0. The summed E-state index contributed by atoms with van der Waals surface area (Å²) in [4.78, 5) is 38.0. The Morgan fingerprint density at radius 3 is 0.900 bits per heavy atom. The zero-order valence-electron chi connectivity index (χ0n) is 46.0. The molecular weight excluding hydrogens is 865 g/mol. The van der Waals surface area contributed by atoms with E-state index in [1.165, 1.54) is 141 Å². The van der Waals surface area contributed by atoms with Crippen LogP contribution in [0.1, 0.15) is 284 Å². The molecule has 0 aromatic rings. The Morgan fingerprint density at radius 2 is 0.557 bits per heavy atom. The van der Waals surface area contributed by atoms with Crippen molar-refractivity contribution in [1.29, 1.82) is 0 Å². The van der Waals surface area contributed by atoms with Gasteiger partial charge < -0.3 is 14.2 Å². The van der Waals surface area contributed by atoms with Crippen LogP contribution in [0.3, 0.4) is 0 Å². The predicted octanol–water partition coefficient (Wildman–Crippen LogP) is 19.9. The summed E-state index contributed by atoms with van der Waals surface area (Å²) in [6, 6.07) is 0. The van der Waals surface area contributed by atoms with Crippen LogP contribution in [0, 0.1) is 0 Å². The van der Waals surface area contributed by atoms with E-state index in [1.54, 1.807) is 0 Å². The second kappa shape index (κ2) is 58.2. The fourth-order valence-electron chi connectivity index (χ4n) is 8.21. The van der Waals surface area contributed by atoms with E-state index in [4.69, 9.17) is 14.2 Å². The third-order valence-corrected chi connectivity index (χ3v) is 12.6. The topological polar surface area (TPSA) is 78.9 Å². The number of hydrogen-bond donors (Lipinski definition) is 0. The van der Waals surface area contributed by atoms with Crippen molar-refractivity contribution in [3.63, 3.8) is 0 Å². The molecule has 0 spiro atoms. The van der Waals surface area contributed by atoms with Crippen LogP contribution in [0.25, 0.3) is 0 Å². The van der Waals surface area contributed by atoms with Crippen molar-refractivity contribution >= 4 is 17.9 Å². The monoisotopic (exact) mass is 975 g/mol. The lowest BCUT2D eigenvalue weighted by molar-refractivity contribution is -0.167. The summed E-state index contributed by atoms with van der Waals surface area (Å²) < 4.78 is 16.8. The van der Waals surface area contributed by atoms with Gasteiger partial charge in [0.25, 0.3) is 0 Å². The zero-order valence-corrected chi connectivity index (χ0v) is 46.0. The van der Waals surface area contributed by atoms with Gasteiger partial charge in [-0.3, -0.25) is 14.4 Å². The third-order valence-electron chi connectivity index (χ3n) is 12.6. The van der Waals surface area contributed by atoms with Gasteiger partial charge in [0.1, 0.15) is 13.2 Å². The Balaban J connectivity index is 4.23. The van der Waals surface area contributed by atoms with Crippen LogP contribution in [0.5, 0.6) is 0 Å². The van der Waals surface area contributed by atoms with Crippen LogP contribution < -0.4 is 0 Å². The molecule has 0 aliphatic heterocycles. The summed E-state index contributed by atoms with van der Waals surface area (Å²) in [7, 11) is 0. The molecule has 6 heteroatoms. The number of hydrogen-bond acceptors (Lipinski definition) is 6. The Kier molecular flexibility index (Phi) is 55.3. The molecule has 0 N–H and O–H groups in total. The molecule has 0 saturated heterocycles. The van der Waals surface area contributed by atoms with Crippen LogP contribution in [0.2, 0.25) is 0 Å². The van der Waals surface area contributed by atoms with E-state index in [-0.39, 0.29) is 31.1 Å². The van der Waals surface area contributed by atoms with Gasteiger partial charge >= 0.3 is 17.9 Å². The van der Waals surface area contributed by atoms with E-state index in [1.807, 2.05) is 0 Å². The molecule has 0 heterocycles. The van der Waals surface area contributed by atoms with Crippen LogP contribution >= 0.6 is 0 Å². The first kappa shape index (κ1) is 66.6. The Morgan fingerprint density at radius 1 is 0.300 bits per heavy atom. The van der Waals surface area contributed by atoms with E-state index in [2.05, 4.69) is 106 Å². The lowest BCUT2D eigenvalue weighted by Crippen LogP contribution is -2.30. The lowest BCUT2D eigenvalue weighted by atomic mass is 10.1. The van der Waals surface area contributed by atoms with Crippen molar-refractivity contribution in [3.8, 4) is 0 Å². The summed E-state index contributed by atoms with van der Waals surface area (Å²) in [6.07, 6.45) is 75.9. The SMILES string of the molecule is CC/C=C\C/C=C\C/C=C\C/C=C\C/C=C\CCCCCCCCCCCC(=O)OCC(COC(=O)CCCCCCCCCC)OC(=O)CCCCCCCCCCC/C=C\C/C=C\CCCCC. The van der Waals surface area contributed by atoms with Crippen molar-refractivity contribution in [2.24, 2.45) is 0 Å². The zero-order chi connectivity index (χ0) is 50.7. The molecule has 0 amide bonds. The predicted molar refractivity (Wildman–Crippen MR) is 302 cm³/mol. The molecule has 0 bridgehead atoms. The second-order valence-corrected chi connectivity index (χ2v) is 19.5. The van der Waals surface area contributed by atoms with Crippen molar-refractivity contribution in [2.75, 3.05) is 13.2 Å². The highest BCUT2D eigenvalue weighted by molar-refractivity contribution is 5.71. The molecule has 1 atom stereocenters. The van der Waals surface area contributed by atoms with Crippen molar-refractivity contribution in [2.45, 2.75) is 290 Å². The normalized spacial score (nSPS) is 12.7. The summed E-state index contributed by atoms with van der Waals surface area (Å²) in [5.74, 6) is -0.886. The number of rotatable bonds is 53. The van der Waals surface area contributed by atoms with Gasteiger partial charge in [-0.05, 0) is 96.3 Å². The highest BCUT2D eigenvalue weighted by Gasteiger charge is 2.19. The summed E-state index contributed by atoms with van der Waals surface area (Å²) in [6.45, 7) is 6.48. The summed E-state index contributed by atoms with van der Waals surface area (Å²) >= 11 is 0. The smallest absolute Gasteiger partial charge is 0.306 e. The Hall–Kier alpha value is -3.41. The van der Waals surface area contributed by atoms with E-state index >= 15 is 0 Å². The van der Waals surface area contributed by atoms with Gasteiger partial charge in [-0.2, -0.15) is 0 Å². The van der Waals surface area contributed by atoms with Gasteiger partial charge in [0.2, 0.25) is 0 Å². The molecule has 0 aliphatic rings. The molecule has 0 aromatic heterocycles. The van der Waals surface area contributed by atoms with Crippen molar-refractivity contribution in [1.82, 2.24) is 0 Å². The van der Waals surface area contributed by atoms with Gasteiger partial charge in [-0.15, -0.1) is 0 Å². The van der Waals surface area contributed by atoms with Crippen LogP contribution in [0.4, 0.5) is 0 Å². The first-order chi connectivity index (χ1) is 34.5. The maximum Gasteiger partial charge on any atom is 0.306 e. The highest BCUT2D eigenvalue weighted by Crippen LogP contribution is 2.15. The van der Waals surface area contributed by atoms with Gasteiger partial charge in [0.15, 0.2) is 6.10 Å². The molecule has 0 rings (SSSR count). The molecule has 0 radical (unpaired) electrons. The van der Waals surface area contributed by atoms with E-state index in [0.717, 1.165) is 103 Å². The lowest BCUT2D eigenvalue weighted by Gasteiger charge is -2.18. The fourth-order valence-corrected chi connectivity index (χ4v) is 8.21. The minimum absolute atomic E-state index is 0.0783. The van der Waals surface area contributed by atoms with Crippen molar-refractivity contribution < 1.29 is 28.6 Å². The Labute approximate surface area is 433 Å². The maximum absolute atomic E-state index is 12.8. The van der Waals surface area contributed by atoms with E-state index < -0.39 is 6.10 Å². The highest BCUT2D eigenvalue weighted by atomic mass is 16.6. The fraction of sp³-hybridized carbons (Fsp3) is 0.734. The van der Waals surface area contributed by atoms with Crippen LogP contribution in [-0.2, 0) is 28.6 Å². The minimum Gasteiger partial charge on any atom is -0.462 e. The van der Waals surface area contributed by atoms with Crippen LogP contribution in [-0.4, -0.2) is 37.2 Å². The molecule has 0 aliphatic carbocycles. The standard InChI is InChI=1S/C64H110O6/c1-4-7-10-13-16-19-21-23-25-27-29-30-31-32-33-34-36-37-39-41-43-45-48-51-54-57-63(66)69-60-61(59-68-62(65)56-53-50-47-18-15-12-9-6-3)70-64(67)58-55-52-49-46-44-42-40-38-35-28-26-24-22-20-17-14-11-8-5-2/h7,10,16-17,19-20,23-26,29-30,32-33,61H,4-6,8-9,11-15,18,21-22,27-28,31,34-60H2,1-3H3/b10-7-,19-16-,20-17-,25-23-,26-24-,30-29-,33-32-. The first-order valence-electron chi connectivity index (χ1n) is 29.6. The molecular formula is C64H110O6. The molecule has 0 aromatic carbocycles. The summed E-state index contributed by atoms with van der Waals surface area (Å²) in [5.41, 5.74) is 0. The van der Waals surface area contributed by atoms with Crippen molar-refractivity contribution in [3.05, 3.63) is 85.1 Å². The van der Waals surface area contributed by atoms with E-state index in [0.29, 0.717) is 19.3 Å². The van der Waals surface area contributed by atoms with Gasteiger partial charge in [0, 0.05) is 19.3 Å². The van der Waals surface area contributed by atoms with Gasteiger partial charge in [-0.25, -0.2) is 0 Å². The number of allylic oxidation sites excluding steroid dienone is 14. The number of carbonyl (C=O) groups excluding carboxylic acids is 3. The molecule has 0 fully saturated rings. The largest absolute Gasteiger partial charge is 0.462 e.